The Bertz CT molecular complexity index is 652. The van der Waals surface area contributed by atoms with Crippen LogP contribution in [0.2, 0.25) is 0 Å². The van der Waals surface area contributed by atoms with Crippen LogP contribution in [0, 0.1) is 0 Å². The number of aryl methyl sites for hydroxylation is 1. The van der Waals surface area contributed by atoms with Crippen LogP contribution in [-0.4, -0.2) is 19.1 Å². The van der Waals surface area contributed by atoms with Gasteiger partial charge >= 0.3 is 0 Å². The Labute approximate surface area is 139 Å². The number of carbonyl (C=O) groups excluding carboxylic acids is 1. The zero-order chi connectivity index (χ0) is 16.8. The lowest BCUT2D eigenvalue weighted by Gasteiger charge is -2.30. The first-order valence-electron chi connectivity index (χ1n) is 8.03. The van der Waals surface area contributed by atoms with Gasteiger partial charge in [0.25, 0.3) is 0 Å². The summed E-state index contributed by atoms with van der Waals surface area (Å²) in [6.07, 6.45) is 9.13. The standard InChI is InChI=1S/C20H25NO2/c1-5-7-17-13-18-16(14-19(17)23-12-6-2)8-9-20(22)21(18)11-10-15(3)4/h5-7,10,13-14H,2,8-9,11-12H2,1,3-4H3/b7-5-. The van der Waals surface area contributed by atoms with Gasteiger partial charge in [0.1, 0.15) is 12.4 Å². The van der Waals surface area contributed by atoms with Crippen molar-refractivity contribution in [3.8, 4) is 5.75 Å². The van der Waals surface area contributed by atoms with E-state index in [0.717, 1.165) is 23.4 Å². The average Bonchev–Trinajstić information content (AvgIpc) is 2.52. The molecule has 1 amide bonds. The summed E-state index contributed by atoms with van der Waals surface area (Å²) in [5.41, 5.74) is 4.37. The summed E-state index contributed by atoms with van der Waals surface area (Å²) in [5.74, 6) is 1.03. The first kappa shape index (κ1) is 17.1. The molecule has 1 aliphatic rings. The zero-order valence-electron chi connectivity index (χ0n) is 14.3. The second kappa shape index (κ2) is 7.82. The number of carbonyl (C=O) groups is 1. The van der Waals surface area contributed by atoms with E-state index in [1.54, 1.807) is 6.08 Å². The van der Waals surface area contributed by atoms with Crippen molar-refractivity contribution in [1.82, 2.24) is 0 Å². The monoisotopic (exact) mass is 311 g/mol. The van der Waals surface area contributed by atoms with Gasteiger partial charge in [-0.2, -0.15) is 0 Å². The Morgan fingerprint density at radius 3 is 2.78 bits per heavy atom. The topological polar surface area (TPSA) is 29.5 Å². The summed E-state index contributed by atoms with van der Waals surface area (Å²) < 4.78 is 5.78. The SMILES string of the molecule is C=CCOc1cc2c(cc1/C=C\C)N(CC=C(C)C)C(=O)CC2. The van der Waals surface area contributed by atoms with Crippen molar-refractivity contribution >= 4 is 17.7 Å². The zero-order valence-corrected chi connectivity index (χ0v) is 14.3. The van der Waals surface area contributed by atoms with Gasteiger partial charge in [-0.15, -0.1) is 0 Å². The Hall–Kier alpha value is -2.29. The fourth-order valence-electron chi connectivity index (χ4n) is 2.65. The van der Waals surface area contributed by atoms with Crippen LogP contribution in [0.25, 0.3) is 6.08 Å². The third-order valence-corrected chi connectivity index (χ3v) is 3.80. The molecule has 0 aromatic heterocycles. The lowest BCUT2D eigenvalue weighted by atomic mass is 9.97. The van der Waals surface area contributed by atoms with Gasteiger partial charge in [0, 0.05) is 24.2 Å². The maximum Gasteiger partial charge on any atom is 0.227 e. The molecule has 3 heteroatoms. The number of amides is 1. The number of rotatable bonds is 6. The summed E-state index contributed by atoms with van der Waals surface area (Å²) in [5, 5.41) is 0. The van der Waals surface area contributed by atoms with Gasteiger partial charge in [-0.05, 0) is 44.9 Å². The van der Waals surface area contributed by atoms with E-state index in [-0.39, 0.29) is 5.91 Å². The third-order valence-electron chi connectivity index (χ3n) is 3.80. The van der Waals surface area contributed by atoms with E-state index >= 15 is 0 Å². The summed E-state index contributed by atoms with van der Waals surface area (Å²) in [4.78, 5) is 14.2. The van der Waals surface area contributed by atoms with E-state index in [9.17, 15) is 4.79 Å². The van der Waals surface area contributed by atoms with Gasteiger partial charge < -0.3 is 9.64 Å². The van der Waals surface area contributed by atoms with E-state index < -0.39 is 0 Å². The molecule has 1 aromatic rings. The fraction of sp³-hybridized carbons (Fsp3) is 0.350. The van der Waals surface area contributed by atoms with Crippen LogP contribution in [0.4, 0.5) is 5.69 Å². The summed E-state index contributed by atoms with van der Waals surface area (Å²) in [6.45, 7) is 10.9. The van der Waals surface area contributed by atoms with Crippen molar-refractivity contribution in [3.05, 3.63) is 53.6 Å². The minimum Gasteiger partial charge on any atom is -0.489 e. The maximum absolute atomic E-state index is 12.3. The molecule has 0 unspecified atom stereocenters. The molecule has 1 aromatic carbocycles. The van der Waals surface area contributed by atoms with E-state index in [1.165, 1.54) is 11.1 Å². The van der Waals surface area contributed by atoms with E-state index in [1.807, 2.05) is 37.8 Å². The van der Waals surface area contributed by atoms with Crippen molar-refractivity contribution in [3.63, 3.8) is 0 Å². The van der Waals surface area contributed by atoms with Gasteiger partial charge in [-0.3, -0.25) is 4.79 Å². The van der Waals surface area contributed by atoms with Crippen LogP contribution in [0.3, 0.4) is 0 Å². The molecule has 0 bridgehead atoms. The van der Waals surface area contributed by atoms with Crippen LogP contribution in [0.15, 0.2) is 42.5 Å². The molecule has 3 nitrogen and oxygen atoms in total. The summed E-state index contributed by atoms with van der Waals surface area (Å²) in [6, 6.07) is 4.12. The van der Waals surface area contributed by atoms with Crippen molar-refractivity contribution in [2.75, 3.05) is 18.1 Å². The number of hydrogen-bond acceptors (Lipinski definition) is 2. The Morgan fingerprint density at radius 1 is 1.35 bits per heavy atom. The van der Waals surface area contributed by atoms with Crippen LogP contribution >= 0.6 is 0 Å². The largest absolute Gasteiger partial charge is 0.489 e. The van der Waals surface area contributed by atoms with E-state index in [4.69, 9.17) is 4.74 Å². The molecule has 2 rings (SSSR count). The highest BCUT2D eigenvalue weighted by Gasteiger charge is 2.24. The van der Waals surface area contributed by atoms with Crippen LogP contribution in [0.1, 0.15) is 38.3 Å². The Balaban J connectivity index is 2.45. The molecule has 0 fully saturated rings. The van der Waals surface area contributed by atoms with Gasteiger partial charge in [-0.25, -0.2) is 0 Å². The molecule has 0 saturated heterocycles. The number of ether oxygens (including phenoxy) is 1. The normalized spacial score (nSPS) is 13.9. The van der Waals surface area contributed by atoms with Gasteiger partial charge in [0.2, 0.25) is 5.91 Å². The minimum atomic E-state index is 0.182. The van der Waals surface area contributed by atoms with Crippen molar-refractivity contribution in [1.29, 1.82) is 0 Å². The van der Waals surface area contributed by atoms with Crippen LogP contribution < -0.4 is 9.64 Å². The van der Waals surface area contributed by atoms with Crippen molar-refractivity contribution in [2.45, 2.75) is 33.6 Å². The van der Waals surface area contributed by atoms with Crippen molar-refractivity contribution in [2.24, 2.45) is 0 Å². The Morgan fingerprint density at radius 2 is 2.13 bits per heavy atom. The molecule has 0 saturated carbocycles. The molecular weight excluding hydrogens is 286 g/mol. The number of allylic oxidation sites excluding steroid dienone is 2. The molecule has 0 spiro atoms. The highest BCUT2D eigenvalue weighted by Crippen LogP contribution is 2.35. The first-order chi connectivity index (χ1) is 11.1. The lowest BCUT2D eigenvalue weighted by molar-refractivity contribution is -0.118. The molecular formula is C20H25NO2. The number of benzene rings is 1. The third kappa shape index (κ3) is 4.13. The minimum absolute atomic E-state index is 0.182. The number of nitrogens with zero attached hydrogens (tertiary/aromatic N) is 1. The van der Waals surface area contributed by atoms with Gasteiger partial charge in [0.05, 0.1) is 0 Å². The molecule has 122 valence electrons. The van der Waals surface area contributed by atoms with Crippen LogP contribution in [0.5, 0.6) is 5.75 Å². The number of fused-ring (bicyclic) bond motifs is 1. The summed E-state index contributed by atoms with van der Waals surface area (Å²) >= 11 is 0. The predicted octanol–water partition coefficient (Wildman–Crippen LogP) is 4.53. The van der Waals surface area contributed by atoms with E-state index in [2.05, 4.69) is 24.8 Å². The van der Waals surface area contributed by atoms with Crippen LogP contribution in [-0.2, 0) is 11.2 Å². The van der Waals surface area contributed by atoms with E-state index in [0.29, 0.717) is 19.6 Å². The summed E-state index contributed by atoms with van der Waals surface area (Å²) in [7, 11) is 0. The smallest absolute Gasteiger partial charge is 0.227 e. The maximum atomic E-state index is 12.3. The highest BCUT2D eigenvalue weighted by atomic mass is 16.5. The predicted molar refractivity (Wildman–Crippen MR) is 96.9 cm³/mol. The Kier molecular flexibility index (Phi) is 5.80. The lowest BCUT2D eigenvalue weighted by Crippen LogP contribution is -2.35. The molecule has 0 radical (unpaired) electrons. The van der Waals surface area contributed by atoms with Gasteiger partial charge in [-0.1, -0.05) is 36.5 Å². The second-order valence-electron chi connectivity index (χ2n) is 5.90. The molecule has 1 aliphatic heterocycles. The first-order valence-corrected chi connectivity index (χ1v) is 8.03. The highest BCUT2D eigenvalue weighted by molar-refractivity contribution is 5.97. The second-order valence-corrected chi connectivity index (χ2v) is 5.90. The molecule has 0 aliphatic carbocycles. The van der Waals surface area contributed by atoms with Crippen molar-refractivity contribution < 1.29 is 9.53 Å². The fourth-order valence-corrected chi connectivity index (χ4v) is 2.65. The molecule has 0 N–H and O–H groups in total. The molecule has 23 heavy (non-hydrogen) atoms. The molecule has 0 atom stereocenters. The number of anilines is 1. The van der Waals surface area contributed by atoms with Gasteiger partial charge in [0.15, 0.2) is 0 Å². The average molecular weight is 311 g/mol. The number of hydrogen-bond donors (Lipinski definition) is 0. The quantitative estimate of drug-likeness (QED) is 0.722. The molecule has 1 heterocycles.